The van der Waals surface area contributed by atoms with Crippen molar-refractivity contribution in [2.45, 2.75) is 0 Å². The maximum atomic E-state index is 13.1. The molecule has 0 amide bonds. The van der Waals surface area contributed by atoms with Crippen LogP contribution in [0.15, 0.2) is 18.4 Å². The average molecular weight is 195 g/mol. The normalized spacial score (nSPS) is 10.1. The van der Waals surface area contributed by atoms with E-state index in [1.165, 1.54) is 7.11 Å². The zero-order valence-corrected chi connectivity index (χ0v) is 7.42. The molecular formula is C10H7F2NO. The predicted molar refractivity (Wildman–Crippen MR) is 47.1 cm³/mol. The molecule has 0 heterocycles. The van der Waals surface area contributed by atoms with Gasteiger partial charge in [0, 0.05) is 5.56 Å². The van der Waals surface area contributed by atoms with Gasteiger partial charge in [0.1, 0.15) is 11.6 Å². The quantitative estimate of drug-likeness (QED) is 0.679. The summed E-state index contributed by atoms with van der Waals surface area (Å²) >= 11 is 0. The first kappa shape index (κ1) is 10.2. The van der Waals surface area contributed by atoms with Crippen molar-refractivity contribution >= 4 is 6.08 Å². The fourth-order valence-corrected chi connectivity index (χ4v) is 0.944. The molecule has 4 heteroatoms. The number of halogens is 2. The van der Waals surface area contributed by atoms with Crippen LogP contribution >= 0.6 is 0 Å². The van der Waals surface area contributed by atoms with E-state index in [0.29, 0.717) is 0 Å². The monoisotopic (exact) mass is 195 g/mol. The Balaban J connectivity index is 3.20. The Morgan fingerprint density at radius 3 is 2.36 bits per heavy atom. The van der Waals surface area contributed by atoms with Gasteiger partial charge in [0.05, 0.1) is 25.0 Å². The standard InChI is InChI=1S/C10H7F2NO/c1-14-3-2-8-9(11)4-7(6-13)5-10(8)12/h2-5H,1H3. The SMILES string of the molecule is COC=Cc1c(F)cc(C#N)cc1F. The first-order chi connectivity index (χ1) is 6.69. The molecule has 0 saturated heterocycles. The minimum Gasteiger partial charge on any atom is -0.504 e. The largest absolute Gasteiger partial charge is 0.504 e. The Bertz CT molecular complexity index is 384. The van der Waals surface area contributed by atoms with E-state index in [4.69, 9.17) is 5.26 Å². The summed E-state index contributed by atoms with van der Waals surface area (Å²) in [4.78, 5) is 0. The Morgan fingerprint density at radius 2 is 1.93 bits per heavy atom. The number of rotatable bonds is 2. The number of nitrogens with zero attached hydrogens (tertiary/aromatic N) is 1. The topological polar surface area (TPSA) is 33.0 Å². The third kappa shape index (κ3) is 2.07. The van der Waals surface area contributed by atoms with Gasteiger partial charge in [-0.15, -0.1) is 0 Å². The lowest BCUT2D eigenvalue weighted by Gasteiger charge is -1.99. The Labute approximate surface area is 80.0 Å². The predicted octanol–water partition coefficient (Wildman–Crippen LogP) is 2.45. The van der Waals surface area contributed by atoms with Crippen molar-refractivity contribution in [2.24, 2.45) is 0 Å². The third-order valence-corrected chi connectivity index (χ3v) is 1.58. The molecule has 0 fully saturated rings. The lowest BCUT2D eigenvalue weighted by Crippen LogP contribution is -1.91. The number of benzene rings is 1. The second-order valence-corrected chi connectivity index (χ2v) is 2.50. The molecule has 1 aromatic carbocycles. The second-order valence-electron chi connectivity index (χ2n) is 2.50. The van der Waals surface area contributed by atoms with Gasteiger partial charge in [0.25, 0.3) is 0 Å². The van der Waals surface area contributed by atoms with E-state index in [-0.39, 0.29) is 11.1 Å². The van der Waals surface area contributed by atoms with E-state index in [1.54, 1.807) is 6.07 Å². The van der Waals surface area contributed by atoms with Crippen LogP contribution in [0.25, 0.3) is 6.08 Å². The van der Waals surface area contributed by atoms with Crippen LogP contribution in [0.1, 0.15) is 11.1 Å². The van der Waals surface area contributed by atoms with E-state index in [2.05, 4.69) is 4.74 Å². The molecule has 0 unspecified atom stereocenters. The smallest absolute Gasteiger partial charge is 0.134 e. The van der Waals surface area contributed by atoms with Crippen LogP contribution in [0.3, 0.4) is 0 Å². The maximum absolute atomic E-state index is 13.1. The molecule has 1 rings (SSSR count). The van der Waals surface area contributed by atoms with Crippen molar-refractivity contribution in [3.05, 3.63) is 41.2 Å². The third-order valence-electron chi connectivity index (χ3n) is 1.58. The number of hydrogen-bond donors (Lipinski definition) is 0. The Kier molecular flexibility index (Phi) is 3.19. The molecule has 72 valence electrons. The maximum Gasteiger partial charge on any atom is 0.134 e. The fraction of sp³-hybridized carbons (Fsp3) is 0.100. The molecule has 0 saturated carbocycles. The molecule has 1 aromatic rings. The zero-order chi connectivity index (χ0) is 10.6. The molecule has 0 aromatic heterocycles. The van der Waals surface area contributed by atoms with Crippen LogP contribution in [-0.4, -0.2) is 7.11 Å². The zero-order valence-electron chi connectivity index (χ0n) is 7.42. The number of ether oxygens (including phenoxy) is 1. The van der Waals surface area contributed by atoms with Gasteiger partial charge in [-0.05, 0) is 18.2 Å². The summed E-state index contributed by atoms with van der Waals surface area (Å²) in [6, 6.07) is 3.60. The van der Waals surface area contributed by atoms with Crippen LogP contribution < -0.4 is 0 Å². The van der Waals surface area contributed by atoms with E-state index in [0.717, 1.165) is 24.5 Å². The van der Waals surface area contributed by atoms with E-state index in [9.17, 15) is 8.78 Å². The highest BCUT2D eigenvalue weighted by Gasteiger charge is 2.08. The van der Waals surface area contributed by atoms with Gasteiger partial charge in [0.15, 0.2) is 0 Å². The van der Waals surface area contributed by atoms with Gasteiger partial charge in [-0.1, -0.05) is 0 Å². The van der Waals surface area contributed by atoms with Gasteiger partial charge in [-0.3, -0.25) is 0 Å². The Hall–Kier alpha value is -1.89. The molecule has 0 atom stereocenters. The van der Waals surface area contributed by atoms with Gasteiger partial charge < -0.3 is 4.74 Å². The highest BCUT2D eigenvalue weighted by atomic mass is 19.1. The first-order valence-corrected chi connectivity index (χ1v) is 3.77. The van der Waals surface area contributed by atoms with Crippen LogP contribution in [0.4, 0.5) is 8.78 Å². The first-order valence-electron chi connectivity index (χ1n) is 3.77. The molecule has 0 radical (unpaired) electrons. The molecular weight excluding hydrogens is 188 g/mol. The van der Waals surface area contributed by atoms with Crippen molar-refractivity contribution in [2.75, 3.05) is 7.11 Å². The minimum absolute atomic E-state index is 0.0467. The van der Waals surface area contributed by atoms with Gasteiger partial charge >= 0.3 is 0 Å². The summed E-state index contributed by atoms with van der Waals surface area (Å²) in [5, 5.41) is 8.43. The molecule has 0 aliphatic rings. The fourth-order valence-electron chi connectivity index (χ4n) is 0.944. The van der Waals surface area contributed by atoms with Gasteiger partial charge in [-0.2, -0.15) is 5.26 Å². The number of hydrogen-bond acceptors (Lipinski definition) is 2. The molecule has 0 aliphatic carbocycles. The van der Waals surface area contributed by atoms with Crippen molar-refractivity contribution in [1.29, 1.82) is 5.26 Å². The molecule has 0 spiro atoms. The summed E-state index contributed by atoms with van der Waals surface area (Å²) in [5.41, 5.74) is -0.264. The number of methoxy groups -OCH3 is 1. The lowest BCUT2D eigenvalue weighted by atomic mass is 10.1. The summed E-state index contributed by atoms with van der Waals surface area (Å²) in [7, 11) is 1.37. The molecule has 0 aliphatic heterocycles. The van der Waals surface area contributed by atoms with Crippen LogP contribution in [0.2, 0.25) is 0 Å². The molecule has 0 bridgehead atoms. The summed E-state index contributed by atoms with van der Waals surface area (Å²) < 4.78 is 30.8. The highest BCUT2D eigenvalue weighted by Crippen LogP contribution is 2.16. The summed E-state index contributed by atoms with van der Waals surface area (Å²) in [5.74, 6) is -1.57. The molecule has 2 nitrogen and oxygen atoms in total. The van der Waals surface area contributed by atoms with E-state index in [1.807, 2.05) is 0 Å². The molecule has 0 N–H and O–H groups in total. The van der Waals surface area contributed by atoms with Crippen LogP contribution in [-0.2, 0) is 4.74 Å². The summed E-state index contributed by atoms with van der Waals surface area (Å²) in [6.07, 6.45) is 2.32. The molecule has 14 heavy (non-hydrogen) atoms. The van der Waals surface area contributed by atoms with Crippen LogP contribution in [0, 0.1) is 23.0 Å². The number of nitriles is 1. The van der Waals surface area contributed by atoms with E-state index < -0.39 is 11.6 Å². The minimum atomic E-state index is -0.783. The lowest BCUT2D eigenvalue weighted by molar-refractivity contribution is 0.341. The van der Waals surface area contributed by atoms with Crippen molar-refractivity contribution in [3.63, 3.8) is 0 Å². The average Bonchev–Trinajstić information content (AvgIpc) is 2.16. The van der Waals surface area contributed by atoms with Crippen molar-refractivity contribution in [3.8, 4) is 6.07 Å². The van der Waals surface area contributed by atoms with Gasteiger partial charge in [0.2, 0.25) is 0 Å². The van der Waals surface area contributed by atoms with E-state index >= 15 is 0 Å². The highest BCUT2D eigenvalue weighted by molar-refractivity contribution is 5.52. The summed E-state index contributed by atoms with van der Waals surface area (Å²) in [6.45, 7) is 0. The second kappa shape index (κ2) is 4.38. The van der Waals surface area contributed by atoms with Crippen molar-refractivity contribution in [1.82, 2.24) is 0 Å². The van der Waals surface area contributed by atoms with Crippen LogP contribution in [0.5, 0.6) is 0 Å². The van der Waals surface area contributed by atoms with Crippen molar-refractivity contribution < 1.29 is 13.5 Å². The van der Waals surface area contributed by atoms with Gasteiger partial charge in [-0.25, -0.2) is 8.78 Å². The Morgan fingerprint density at radius 1 is 1.36 bits per heavy atom.